The second kappa shape index (κ2) is 5.50. The number of fused-ring (bicyclic) bond motifs is 1. The van der Waals surface area contributed by atoms with Crippen molar-refractivity contribution in [1.82, 2.24) is 4.98 Å². The number of rotatable bonds is 3. The molecule has 106 valence electrons. The zero-order valence-electron chi connectivity index (χ0n) is 11.6. The van der Waals surface area contributed by atoms with Gasteiger partial charge in [0.05, 0.1) is 18.7 Å². The lowest BCUT2D eigenvalue weighted by Gasteiger charge is -2.14. The largest absolute Gasteiger partial charge is 0.494 e. The van der Waals surface area contributed by atoms with Crippen LogP contribution in [-0.4, -0.2) is 12.1 Å². The summed E-state index contributed by atoms with van der Waals surface area (Å²) >= 11 is 0. The van der Waals surface area contributed by atoms with E-state index >= 15 is 0 Å². The Bertz CT molecular complexity index is 789. The van der Waals surface area contributed by atoms with Crippen LogP contribution in [0.2, 0.25) is 0 Å². The highest BCUT2D eigenvalue weighted by Gasteiger charge is 2.12. The second-order valence-electron chi connectivity index (χ2n) is 4.83. The van der Waals surface area contributed by atoms with Crippen molar-refractivity contribution in [3.05, 3.63) is 71.7 Å². The third kappa shape index (κ3) is 2.58. The van der Waals surface area contributed by atoms with Crippen molar-refractivity contribution >= 4 is 10.9 Å². The summed E-state index contributed by atoms with van der Waals surface area (Å²) in [4.78, 5) is 4.27. The number of pyridine rings is 1. The minimum absolute atomic E-state index is 0.216. The van der Waals surface area contributed by atoms with Crippen LogP contribution in [0.5, 0.6) is 5.75 Å². The maximum Gasteiger partial charge on any atom is 0.165 e. The van der Waals surface area contributed by atoms with E-state index in [2.05, 4.69) is 4.98 Å². The minimum Gasteiger partial charge on any atom is -0.494 e. The monoisotopic (exact) mass is 282 g/mol. The molecule has 0 amide bonds. The number of ether oxygens (including phenoxy) is 1. The SMILES string of the molecule is COc1ccc(C(N)c2ccc3ncccc3c2)cc1F. The Labute approximate surface area is 122 Å². The average molecular weight is 282 g/mol. The van der Waals surface area contributed by atoms with Gasteiger partial charge in [-0.2, -0.15) is 0 Å². The predicted molar refractivity (Wildman–Crippen MR) is 80.7 cm³/mol. The molecule has 0 spiro atoms. The van der Waals surface area contributed by atoms with Gasteiger partial charge in [0.2, 0.25) is 0 Å². The maximum atomic E-state index is 13.8. The molecule has 1 atom stereocenters. The summed E-state index contributed by atoms with van der Waals surface area (Å²) in [6.45, 7) is 0. The molecule has 0 bridgehead atoms. The predicted octanol–water partition coefficient (Wildman–Crippen LogP) is 3.43. The number of hydrogen-bond acceptors (Lipinski definition) is 3. The summed E-state index contributed by atoms with van der Waals surface area (Å²) in [7, 11) is 1.44. The standard InChI is InChI=1S/C17H15FN2O/c1-21-16-7-5-13(10-14(16)18)17(19)12-4-6-15-11(9-12)3-2-8-20-15/h2-10,17H,19H2,1H3. The molecule has 3 nitrogen and oxygen atoms in total. The molecule has 0 aliphatic carbocycles. The lowest BCUT2D eigenvalue weighted by Crippen LogP contribution is -2.12. The van der Waals surface area contributed by atoms with Gasteiger partial charge in [-0.05, 0) is 41.5 Å². The first-order chi connectivity index (χ1) is 10.2. The van der Waals surface area contributed by atoms with Crippen molar-refractivity contribution in [2.75, 3.05) is 7.11 Å². The van der Waals surface area contributed by atoms with Gasteiger partial charge in [0.15, 0.2) is 11.6 Å². The van der Waals surface area contributed by atoms with Crippen LogP contribution in [-0.2, 0) is 0 Å². The van der Waals surface area contributed by atoms with Gasteiger partial charge in [0, 0.05) is 11.6 Å². The zero-order chi connectivity index (χ0) is 14.8. The number of hydrogen-bond donors (Lipinski definition) is 1. The van der Waals surface area contributed by atoms with E-state index in [1.807, 2.05) is 30.3 Å². The molecule has 0 saturated heterocycles. The van der Waals surface area contributed by atoms with Crippen LogP contribution >= 0.6 is 0 Å². The fourth-order valence-electron chi connectivity index (χ4n) is 2.36. The summed E-state index contributed by atoms with van der Waals surface area (Å²) in [5, 5.41) is 1.01. The molecule has 4 heteroatoms. The average Bonchev–Trinajstić information content (AvgIpc) is 2.53. The second-order valence-corrected chi connectivity index (χ2v) is 4.83. The van der Waals surface area contributed by atoms with Gasteiger partial charge in [-0.1, -0.05) is 18.2 Å². The molecule has 1 aromatic heterocycles. The number of aromatic nitrogens is 1. The molecule has 3 rings (SSSR count). The van der Waals surface area contributed by atoms with E-state index in [4.69, 9.17) is 10.5 Å². The molecular weight excluding hydrogens is 267 g/mol. The van der Waals surface area contributed by atoms with Crippen LogP contribution < -0.4 is 10.5 Å². The number of halogens is 1. The molecule has 1 heterocycles. The number of nitrogens with zero attached hydrogens (tertiary/aromatic N) is 1. The van der Waals surface area contributed by atoms with E-state index in [1.165, 1.54) is 13.2 Å². The van der Waals surface area contributed by atoms with Crippen molar-refractivity contribution in [1.29, 1.82) is 0 Å². The van der Waals surface area contributed by atoms with Crippen molar-refractivity contribution in [3.8, 4) is 5.75 Å². The Balaban J connectivity index is 1.99. The molecule has 0 saturated carbocycles. The highest BCUT2D eigenvalue weighted by Crippen LogP contribution is 2.26. The first-order valence-corrected chi connectivity index (χ1v) is 6.63. The zero-order valence-corrected chi connectivity index (χ0v) is 11.6. The molecule has 0 radical (unpaired) electrons. The molecule has 0 aliphatic heterocycles. The molecule has 2 N–H and O–H groups in total. The first-order valence-electron chi connectivity index (χ1n) is 6.63. The van der Waals surface area contributed by atoms with Gasteiger partial charge >= 0.3 is 0 Å². The number of benzene rings is 2. The van der Waals surface area contributed by atoms with Crippen molar-refractivity contribution in [3.63, 3.8) is 0 Å². The molecule has 0 fully saturated rings. The lowest BCUT2D eigenvalue weighted by atomic mass is 9.98. The Hall–Kier alpha value is -2.46. The highest BCUT2D eigenvalue weighted by molar-refractivity contribution is 5.79. The number of methoxy groups -OCH3 is 1. The van der Waals surface area contributed by atoms with Crippen LogP contribution in [0.4, 0.5) is 4.39 Å². The highest BCUT2D eigenvalue weighted by atomic mass is 19.1. The van der Waals surface area contributed by atoms with E-state index in [-0.39, 0.29) is 5.75 Å². The van der Waals surface area contributed by atoms with Gasteiger partial charge in [0.25, 0.3) is 0 Å². The van der Waals surface area contributed by atoms with E-state index in [9.17, 15) is 4.39 Å². The van der Waals surface area contributed by atoms with Crippen LogP contribution in [0.25, 0.3) is 10.9 Å². The fourth-order valence-corrected chi connectivity index (χ4v) is 2.36. The third-order valence-corrected chi connectivity index (χ3v) is 3.52. The quantitative estimate of drug-likeness (QED) is 0.800. The Morgan fingerprint density at radius 3 is 2.62 bits per heavy atom. The summed E-state index contributed by atoms with van der Waals surface area (Å²) in [5.74, 6) is -0.193. The third-order valence-electron chi connectivity index (χ3n) is 3.52. The summed E-state index contributed by atoms with van der Waals surface area (Å²) in [5.41, 5.74) is 8.77. The Kier molecular flexibility index (Phi) is 3.54. The topological polar surface area (TPSA) is 48.1 Å². The van der Waals surface area contributed by atoms with Gasteiger partial charge < -0.3 is 10.5 Å². The molecule has 21 heavy (non-hydrogen) atoms. The van der Waals surface area contributed by atoms with E-state index < -0.39 is 11.9 Å². The smallest absolute Gasteiger partial charge is 0.165 e. The van der Waals surface area contributed by atoms with Crippen LogP contribution in [0.1, 0.15) is 17.2 Å². The van der Waals surface area contributed by atoms with E-state index in [0.29, 0.717) is 5.56 Å². The Morgan fingerprint density at radius 2 is 1.86 bits per heavy atom. The number of nitrogens with two attached hydrogens (primary N) is 1. The minimum atomic E-state index is -0.409. The summed E-state index contributed by atoms with van der Waals surface area (Å²) < 4.78 is 18.7. The van der Waals surface area contributed by atoms with Crippen LogP contribution in [0.3, 0.4) is 0 Å². The van der Waals surface area contributed by atoms with Gasteiger partial charge in [-0.25, -0.2) is 4.39 Å². The van der Waals surface area contributed by atoms with Crippen LogP contribution in [0, 0.1) is 5.82 Å². The molecule has 0 aliphatic rings. The molecular formula is C17H15FN2O. The van der Waals surface area contributed by atoms with Crippen LogP contribution in [0.15, 0.2) is 54.7 Å². The molecule has 3 aromatic rings. The molecule has 1 unspecified atom stereocenters. The fraction of sp³-hybridized carbons (Fsp3) is 0.118. The van der Waals surface area contributed by atoms with E-state index in [1.54, 1.807) is 18.3 Å². The van der Waals surface area contributed by atoms with Gasteiger partial charge in [0.1, 0.15) is 0 Å². The van der Waals surface area contributed by atoms with E-state index in [0.717, 1.165) is 16.5 Å². The lowest BCUT2D eigenvalue weighted by molar-refractivity contribution is 0.386. The van der Waals surface area contributed by atoms with Crippen molar-refractivity contribution in [2.24, 2.45) is 5.73 Å². The molecule has 2 aromatic carbocycles. The van der Waals surface area contributed by atoms with Crippen molar-refractivity contribution in [2.45, 2.75) is 6.04 Å². The summed E-state index contributed by atoms with van der Waals surface area (Å²) in [6, 6.07) is 14.1. The van der Waals surface area contributed by atoms with Crippen molar-refractivity contribution < 1.29 is 9.13 Å². The normalized spacial score (nSPS) is 12.3. The maximum absolute atomic E-state index is 13.8. The summed E-state index contributed by atoms with van der Waals surface area (Å²) in [6.07, 6.45) is 1.75. The Morgan fingerprint density at radius 1 is 1.10 bits per heavy atom. The van der Waals surface area contributed by atoms with Gasteiger partial charge in [-0.15, -0.1) is 0 Å². The first kappa shape index (κ1) is 13.5. The van der Waals surface area contributed by atoms with Gasteiger partial charge in [-0.3, -0.25) is 4.98 Å².